The second-order valence-electron chi connectivity index (χ2n) is 4.73. The molecule has 1 atom stereocenters. The summed E-state index contributed by atoms with van der Waals surface area (Å²) in [6.07, 6.45) is 2.19. The number of amides is 2. The van der Waals surface area contributed by atoms with Crippen LogP contribution in [-0.2, 0) is 14.3 Å². The van der Waals surface area contributed by atoms with Gasteiger partial charge in [0.15, 0.2) is 0 Å². The molecule has 2 N–H and O–H groups in total. The summed E-state index contributed by atoms with van der Waals surface area (Å²) in [5.74, 6) is -0.337. The van der Waals surface area contributed by atoms with Crippen LogP contribution in [-0.4, -0.2) is 63.2 Å². The maximum absolute atomic E-state index is 11.5. The summed E-state index contributed by atoms with van der Waals surface area (Å²) < 4.78 is 5.22. The lowest BCUT2D eigenvalue weighted by Crippen LogP contribution is -2.41. The maximum atomic E-state index is 11.5. The summed E-state index contributed by atoms with van der Waals surface area (Å²) in [5, 5.41) is 5.35. The molecule has 2 amide bonds. The van der Waals surface area contributed by atoms with E-state index in [0.29, 0.717) is 13.2 Å². The minimum Gasteiger partial charge on any atom is -0.368 e. The van der Waals surface area contributed by atoms with Crippen LogP contribution in [0, 0.1) is 0 Å². The highest BCUT2D eigenvalue weighted by Crippen LogP contribution is 2.11. The molecule has 1 aliphatic heterocycles. The Bertz CT molecular complexity index is 276. The highest BCUT2D eigenvalue weighted by atomic mass is 16.5. The monoisotopic (exact) mass is 257 g/mol. The van der Waals surface area contributed by atoms with Crippen LogP contribution >= 0.6 is 0 Å². The van der Waals surface area contributed by atoms with E-state index in [9.17, 15) is 9.59 Å². The minimum absolute atomic E-state index is 0.0284. The third-order valence-electron chi connectivity index (χ3n) is 2.75. The third-order valence-corrected chi connectivity index (χ3v) is 2.75. The number of carbonyl (C=O) groups excluding carboxylic acids is 2. The summed E-state index contributed by atoms with van der Waals surface area (Å²) in [6.45, 7) is 2.23. The van der Waals surface area contributed by atoms with Gasteiger partial charge >= 0.3 is 0 Å². The zero-order chi connectivity index (χ0) is 13.4. The average molecular weight is 257 g/mol. The van der Waals surface area contributed by atoms with Gasteiger partial charge in [-0.05, 0) is 39.9 Å². The van der Waals surface area contributed by atoms with Crippen LogP contribution in [0.15, 0.2) is 0 Å². The SMILES string of the molecule is CN(C)CCCNC(=O)CNC(=O)C1CCCO1. The summed E-state index contributed by atoms with van der Waals surface area (Å²) in [5.41, 5.74) is 0. The van der Waals surface area contributed by atoms with Gasteiger partial charge < -0.3 is 20.3 Å². The summed E-state index contributed by atoms with van der Waals surface area (Å²) in [7, 11) is 3.98. The summed E-state index contributed by atoms with van der Waals surface area (Å²) in [4.78, 5) is 25.0. The Morgan fingerprint density at radius 3 is 2.72 bits per heavy atom. The molecular weight excluding hydrogens is 234 g/mol. The van der Waals surface area contributed by atoms with Crippen molar-refractivity contribution < 1.29 is 14.3 Å². The Morgan fingerprint density at radius 2 is 2.11 bits per heavy atom. The lowest BCUT2D eigenvalue weighted by Gasteiger charge is -2.11. The molecule has 104 valence electrons. The number of carbonyl (C=O) groups is 2. The Balaban J connectivity index is 2.03. The minimum atomic E-state index is -0.369. The smallest absolute Gasteiger partial charge is 0.249 e. The van der Waals surface area contributed by atoms with E-state index in [1.807, 2.05) is 14.1 Å². The number of hydrogen-bond donors (Lipinski definition) is 2. The molecule has 6 nitrogen and oxygen atoms in total. The van der Waals surface area contributed by atoms with Gasteiger partial charge in [0.05, 0.1) is 6.54 Å². The van der Waals surface area contributed by atoms with E-state index in [0.717, 1.165) is 25.8 Å². The zero-order valence-corrected chi connectivity index (χ0v) is 11.2. The Hall–Kier alpha value is -1.14. The van der Waals surface area contributed by atoms with Gasteiger partial charge in [-0.25, -0.2) is 0 Å². The molecule has 1 unspecified atom stereocenters. The second-order valence-corrected chi connectivity index (χ2v) is 4.73. The van der Waals surface area contributed by atoms with Crippen molar-refractivity contribution in [2.75, 3.05) is 40.3 Å². The van der Waals surface area contributed by atoms with E-state index < -0.39 is 0 Å². The fourth-order valence-corrected chi connectivity index (χ4v) is 1.75. The van der Waals surface area contributed by atoms with Crippen molar-refractivity contribution in [1.29, 1.82) is 0 Å². The van der Waals surface area contributed by atoms with Crippen molar-refractivity contribution in [1.82, 2.24) is 15.5 Å². The van der Waals surface area contributed by atoms with Crippen LogP contribution < -0.4 is 10.6 Å². The van der Waals surface area contributed by atoms with Crippen LogP contribution in [0.5, 0.6) is 0 Å². The van der Waals surface area contributed by atoms with Gasteiger partial charge in [-0.15, -0.1) is 0 Å². The van der Waals surface area contributed by atoms with E-state index >= 15 is 0 Å². The molecule has 1 saturated heterocycles. The van der Waals surface area contributed by atoms with Crippen molar-refractivity contribution in [2.45, 2.75) is 25.4 Å². The normalized spacial score (nSPS) is 18.9. The molecule has 0 radical (unpaired) electrons. The molecule has 0 bridgehead atoms. The van der Waals surface area contributed by atoms with Crippen LogP contribution in [0.2, 0.25) is 0 Å². The van der Waals surface area contributed by atoms with E-state index in [4.69, 9.17) is 4.74 Å². The Kier molecular flexibility index (Phi) is 6.67. The van der Waals surface area contributed by atoms with Crippen LogP contribution in [0.3, 0.4) is 0 Å². The fraction of sp³-hybridized carbons (Fsp3) is 0.833. The van der Waals surface area contributed by atoms with Gasteiger partial charge in [-0.1, -0.05) is 0 Å². The predicted octanol–water partition coefficient (Wildman–Crippen LogP) is -0.650. The van der Waals surface area contributed by atoms with Gasteiger partial charge in [-0.2, -0.15) is 0 Å². The van der Waals surface area contributed by atoms with Gasteiger partial charge in [-0.3, -0.25) is 9.59 Å². The predicted molar refractivity (Wildman–Crippen MR) is 68.2 cm³/mol. The third kappa shape index (κ3) is 5.97. The molecule has 0 aliphatic carbocycles. The molecule has 0 aromatic heterocycles. The van der Waals surface area contributed by atoms with Crippen LogP contribution in [0.4, 0.5) is 0 Å². The molecule has 6 heteroatoms. The van der Waals surface area contributed by atoms with E-state index in [1.165, 1.54) is 0 Å². The first-order valence-electron chi connectivity index (χ1n) is 6.40. The van der Waals surface area contributed by atoms with E-state index in [2.05, 4.69) is 15.5 Å². The number of nitrogens with one attached hydrogen (secondary N) is 2. The molecule has 1 heterocycles. The number of ether oxygens (including phenoxy) is 1. The van der Waals surface area contributed by atoms with Gasteiger partial charge in [0, 0.05) is 13.2 Å². The van der Waals surface area contributed by atoms with Gasteiger partial charge in [0.2, 0.25) is 11.8 Å². The second kappa shape index (κ2) is 8.05. The lowest BCUT2D eigenvalue weighted by molar-refractivity contribution is -0.132. The molecule has 1 aliphatic rings. The first kappa shape index (κ1) is 14.9. The van der Waals surface area contributed by atoms with Crippen molar-refractivity contribution in [3.63, 3.8) is 0 Å². The molecule has 0 spiro atoms. The van der Waals surface area contributed by atoms with Crippen LogP contribution in [0.25, 0.3) is 0 Å². The molecule has 1 fully saturated rings. The van der Waals surface area contributed by atoms with Crippen LogP contribution in [0.1, 0.15) is 19.3 Å². The zero-order valence-electron chi connectivity index (χ0n) is 11.2. The van der Waals surface area contributed by atoms with Gasteiger partial charge in [0.25, 0.3) is 0 Å². The van der Waals surface area contributed by atoms with E-state index in [-0.39, 0.29) is 24.5 Å². The number of nitrogens with zero attached hydrogens (tertiary/aromatic N) is 1. The molecule has 0 aromatic rings. The highest BCUT2D eigenvalue weighted by molar-refractivity contribution is 5.86. The summed E-state index contributed by atoms with van der Waals surface area (Å²) in [6, 6.07) is 0. The first-order valence-corrected chi connectivity index (χ1v) is 6.40. The Labute approximate surface area is 108 Å². The lowest BCUT2D eigenvalue weighted by atomic mass is 10.2. The Morgan fingerprint density at radius 1 is 1.33 bits per heavy atom. The molecule has 0 saturated carbocycles. The van der Waals surface area contributed by atoms with Crippen molar-refractivity contribution in [3.8, 4) is 0 Å². The van der Waals surface area contributed by atoms with Crippen molar-refractivity contribution in [2.24, 2.45) is 0 Å². The maximum Gasteiger partial charge on any atom is 0.249 e. The standard InChI is InChI=1S/C12H23N3O3/c1-15(2)7-4-6-13-11(16)9-14-12(17)10-5-3-8-18-10/h10H,3-9H2,1-2H3,(H,13,16)(H,14,17). The molecular formula is C12H23N3O3. The quantitative estimate of drug-likeness (QED) is 0.595. The van der Waals surface area contributed by atoms with Gasteiger partial charge in [0.1, 0.15) is 6.10 Å². The summed E-state index contributed by atoms with van der Waals surface area (Å²) >= 11 is 0. The number of hydrogen-bond acceptors (Lipinski definition) is 4. The fourth-order valence-electron chi connectivity index (χ4n) is 1.75. The largest absolute Gasteiger partial charge is 0.368 e. The first-order chi connectivity index (χ1) is 8.59. The topological polar surface area (TPSA) is 70.7 Å². The van der Waals surface area contributed by atoms with Crippen molar-refractivity contribution >= 4 is 11.8 Å². The van der Waals surface area contributed by atoms with Crippen molar-refractivity contribution in [3.05, 3.63) is 0 Å². The van der Waals surface area contributed by atoms with E-state index in [1.54, 1.807) is 0 Å². The highest BCUT2D eigenvalue weighted by Gasteiger charge is 2.23. The molecule has 1 rings (SSSR count). The average Bonchev–Trinajstić information content (AvgIpc) is 2.85. The molecule has 0 aromatic carbocycles. The molecule has 18 heavy (non-hydrogen) atoms. The number of rotatable bonds is 7.